The Labute approximate surface area is 90.3 Å². The molecule has 4 heteroatoms. The van der Waals surface area contributed by atoms with Gasteiger partial charge in [-0.15, -0.1) is 0 Å². The van der Waals surface area contributed by atoms with Crippen LogP contribution in [0.1, 0.15) is 45.4 Å². The molecule has 0 aromatic rings. The molecule has 0 saturated heterocycles. The molecule has 0 radical (unpaired) electrons. The smallest absolute Gasteiger partial charge is 0.407 e. The van der Waals surface area contributed by atoms with E-state index in [0.717, 1.165) is 12.8 Å². The number of amides is 1. The number of hydrogen-bond acceptors (Lipinski definition) is 2. The fourth-order valence-electron chi connectivity index (χ4n) is 2.00. The lowest BCUT2D eigenvalue weighted by molar-refractivity contribution is -0.121. The third-order valence-electron chi connectivity index (χ3n) is 2.95. The van der Waals surface area contributed by atoms with Crippen molar-refractivity contribution in [3.63, 3.8) is 0 Å². The second-order valence-electron chi connectivity index (χ2n) is 4.10. The molecule has 0 aromatic carbocycles. The molecule has 1 saturated carbocycles. The van der Waals surface area contributed by atoms with E-state index in [0.29, 0.717) is 32.2 Å². The molecule has 0 spiro atoms. The van der Waals surface area contributed by atoms with Gasteiger partial charge in [-0.1, -0.05) is 13.3 Å². The van der Waals surface area contributed by atoms with Crippen LogP contribution in [0.5, 0.6) is 0 Å². The minimum absolute atomic E-state index is 0.0618. The molecule has 1 aliphatic carbocycles. The van der Waals surface area contributed by atoms with E-state index in [9.17, 15) is 9.59 Å². The van der Waals surface area contributed by atoms with Crippen LogP contribution in [-0.4, -0.2) is 34.5 Å². The molecule has 0 unspecified atom stereocenters. The molecule has 4 nitrogen and oxygen atoms in total. The molecule has 15 heavy (non-hydrogen) atoms. The first-order chi connectivity index (χ1) is 7.15. The first kappa shape index (κ1) is 12.0. The fraction of sp³-hybridized carbons (Fsp3) is 0.818. The third kappa shape index (κ3) is 3.53. The lowest BCUT2D eigenvalue weighted by atomic mass is 9.93. The number of carboxylic acid groups (broad SMARTS) is 1. The van der Waals surface area contributed by atoms with Gasteiger partial charge in [0.1, 0.15) is 5.78 Å². The zero-order valence-corrected chi connectivity index (χ0v) is 9.24. The summed E-state index contributed by atoms with van der Waals surface area (Å²) in [7, 11) is 0. The number of carbonyl (C=O) groups excluding carboxylic acids is 1. The first-order valence-corrected chi connectivity index (χ1v) is 5.66. The van der Waals surface area contributed by atoms with Crippen molar-refractivity contribution in [2.24, 2.45) is 0 Å². The average molecular weight is 213 g/mol. The Morgan fingerprint density at radius 3 is 2.53 bits per heavy atom. The first-order valence-electron chi connectivity index (χ1n) is 5.66. The van der Waals surface area contributed by atoms with Crippen molar-refractivity contribution in [1.82, 2.24) is 4.90 Å². The van der Waals surface area contributed by atoms with E-state index in [1.807, 2.05) is 6.92 Å². The number of unbranched alkanes of at least 4 members (excludes halogenated alkanes) is 1. The van der Waals surface area contributed by atoms with Gasteiger partial charge in [0.15, 0.2) is 0 Å². The molecule has 0 aliphatic heterocycles. The van der Waals surface area contributed by atoms with Gasteiger partial charge in [-0.2, -0.15) is 0 Å². The van der Waals surface area contributed by atoms with Gasteiger partial charge < -0.3 is 10.0 Å². The van der Waals surface area contributed by atoms with Gasteiger partial charge in [0.25, 0.3) is 0 Å². The monoisotopic (exact) mass is 213 g/mol. The summed E-state index contributed by atoms with van der Waals surface area (Å²) >= 11 is 0. The Morgan fingerprint density at radius 1 is 1.47 bits per heavy atom. The van der Waals surface area contributed by atoms with Gasteiger partial charge in [0.2, 0.25) is 0 Å². The quantitative estimate of drug-likeness (QED) is 0.779. The average Bonchev–Trinajstić information content (AvgIpc) is 2.21. The summed E-state index contributed by atoms with van der Waals surface area (Å²) in [6, 6.07) is 0.0618. The van der Waals surface area contributed by atoms with E-state index < -0.39 is 6.09 Å². The molecule has 0 bridgehead atoms. The highest BCUT2D eigenvalue weighted by molar-refractivity contribution is 5.79. The van der Waals surface area contributed by atoms with Gasteiger partial charge in [-0.25, -0.2) is 4.79 Å². The number of ketones is 1. The van der Waals surface area contributed by atoms with E-state index in [-0.39, 0.29) is 11.8 Å². The van der Waals surface area contributed by atoms with Gasteiger partial charge in [0.05, 0.1) is 0 Å². The summed E-state index contributed by atoms with van der Waals surface area (Å²) in [5, 5.41) is 9.06. The molecule has 0 heterocycles. The van der Waals surface area contributed by atoms with Crippen molar-refractivity contribution < 1.29 is 14.7 Å². The summed E-state index contributed by atoms with van der Waals surface area (Å²) in [4.78, 5) is 23.6. The maximum atomic E-state index is 11.0. The van der Waals surface area contributed by atoms with Crippen LogP contribution in [0.2, 0.25) is 0 Å². The number of rotatable bonds is 4. The molecular weight excluding hydrogens is 194 g/mol. The van der Waals surface area contributed by atoms with E-state index >= 15 is 0 Å². The van der Waals surface area contributed by atoms with Crippen molar-refractivity contribution in [3.8, 4) is 0 Å². The number of Topliss-reactive ketones (excluding diaryl/α,β-unsaturated/α-hetero) is 1. The normalized spacial score (nSPS) is 17.8. The Bertz CT molecular complexity index is 230. The van der Waals surface area contributed by atoms with Gasteiger partial charge in [-0.3, -0.25) is 4.79 Å². The highest BCUT2D eigenvalue weighted by Gasteiger charge is 2.26. The van der Waals surface area contributed by atoms with Crippen molar-refractivity contribution >= 4 is 11.9 Å². The minimum atomic E-state index is -0.845. The van der Waals surface area contributed by atoms with Crippen molar-refractivity contribution in [1.29, 1.82) is 0 Å². The van der Waals surface area contributed by atoms with E-state index in [1.54, 1.807) is 0 Å². The fourth-order valence-corrected chi connectivity index (χ4v) is 2.00. The van der Waals surface area contributed by atoms with Crippen LogP contribution in [0.25, 0.3) is 0 Å². The second kappa shape index (κ2) is 5.73. The molecule has 1 N–H and O–H groups in total. The lowest BCUT2D eigenvalue weighted by Crippen LogP contribution is -2.42. The Kier molecular flexibility index (Phi) is 4.59. The molecule has 1 fully saturated rings. The zero-order valence-electron chi connectivity index (χ0n) is 9.24. The second-order valence-corrected chi connectivity index (χ2v) is 4.10. The minimum Gasteiger partial charge on any atom is -0.465 e. The van der Waals surface area contributed by atoms with Crippen molar-refractivity contribution in [3.05, 3.63) is 0 Å². The Balaban J connectivity index is 2.48. The molecular formula is C11H19NO3. The van der Waals surface area contributed by atoms with E-state index in [1.165, 1.54) is 4.90 Å². The number of hydrogen-bond donors (Lipinski definition) is 1. The predicted molar refractivity (Wildman–Crippen MR) is 56.9 cm³/mol. The van der Waals surface area contributed by atoms with Crippen LogP contribution in [0.15, 0.2) is 0 Å². The maximum absolute atomic E-state index is 11.0. The van der Waals surface area contributed by atoms with Gasteiger partial charge >= 0.3 is 6.09 Å². The molecule has 0 atom stereocenters. The van der Waals surface area contributed by atoms with E-state index in [2.05, 4.69) is 0 Å². The van der Waals surface area contributed by atoms with Crippen LogP contribution < -0.4 is 0 Å². The Morgan fingerprint density at radius 2 is 2.07 bits per heavy atom. The van der Waals surface area contributed by atoms with Crippen LogP contribution in [0, 0.1) is 0 Å². The maximum Gasteiger partial charge on any atom is 0.407 e. The molecule has 1 amide bonds. The van der Waals surface area contributed by atoms with Crippen LogP contribution >= 0.6 is 0 Å². The van der Waals surface area contributed by atoms with Crippen LogP contribution in [-0.2, 0) is 4.79 Å². The summed E-state index contributed by atoms with van der Waals surface area (Å²) in [5.41, 5.74) is 0. The van der Waals surface area contributed by atoms with Gasteiger partial charge in [-0.05, 0) is 19.3 Å². The van der Waals surface area contributed by atoms with Gasteiger partial charge in [0, 0.05) is 25.4 Å². The third-order valence-corrected chi connectivity index (χ3v) is 2.95. The summed E-state index contributed by atoms with van der Waals surface area (Å²) < 4.78 is 0. The van der Waals surface area contributed by atoms with Crippen LogP contribution in [0.4, 0.5) is 4.79 Å². The summed E-state index contributed by atoms with van der Waals surface area (Å²) in [6.07, 6.45) is 3.54. The van der Waals surface area contributed by atoms with Crippen molar-refractivity contribution in [2.45, 2.75) is 51.5 Å². The number of nitrogens with zero attached hydrogens (tertiary/aromatic N) is 1. The topological polar surface area (TPSA) is 57.6 Å². The molecule has 0 aromatic heterocycles. The zero-order chi connectivity index (χ0) is 11.3. The van der Waals surface area contributed by atoms with E-state index in [4.69, 9.17) is 5.11 Å². The predicted octanol–water partition coefficient (Wildman–Crippen LogP) is 2.28. The summed E-state index contributed by atoms with van der Waals surface area (Å²) in [6.45, 7) is 2.65. The standard InChI is InChI=1S/C11H19NO3/c1-2-3-8-12(11(14)15)9-4-6-10(13)7-5-9/h9H,2-8H2,1H3,(H,14,15). The number of carbonyl (C=O) groups is 2. The molecule has 1 aliphatic rings. The van der Waals surface area contributed by atoms with Crippen LogP contribution in [0.3, 0.4) is 0 Å². The highest BCUT2D eigenvalue weighted by atomic mass is 16.4. The molecule has 86 valence electrons. The largest absolute Gasteiger partial charge is 0.465 e. The highest BCUT2D eigenvalue weighted by Crippen LogP contribution is 2.21. The lowest BCUT2D eigenvalue weighted by Gasteiger charge is -2.31. The molecule has 1 rings (SSSR count). The summed E-state index contributed by atoms with van der Waals surface area (Å²) in [5.74, 6) is 0.270. The SMILES string of the molecule is CCCCN(C(=O)O)C1CCC(=O)CC1. The Hall–Kier alpha value is -1.06. The van der Waals surface area contributed by atoms with Crippen molar-refractivity contribution in [2.75, 3.05) is 6.54 Å².